The summed E-state index contributed by atoms with van der Waals surface area (Å²) in [4.78, 5) is 32.4. The van der Waals surface area contributed by atoms with Gasteiger partial charge in [0.1, 0.15) is 4.83 Å². The number of pyridine rings is 1. The van der Waals surface area contributed by atoms with Gasteiger partial charge in [0.15, 0.2) is 5.65 Å². The Labute approximate surface area is 154 Å². The molecule has 0 aliphatic heterocycles. The van der Waals surface area contributed by atoms with E-state index >= 15 is 0 Å². The summed E-state index contributed by atoms with van der Waals surface area (Å²) in [6.45, 7) is 1.11. The van der Waals surface area contributed by atoms with Gasteiger partial charge in [-0.05, 0) is 49.8 Å². The maximum absolute atomic E-state index is 13.1. The normalized spacial score (nSPS) is 13.9. The first-order chi connectivity index (χ1) is 12.7. The van der Waals surface area contributed by atoms with Crippen molar-refractivity contribution in [2.75, 3.05) is 20.3 Å². The number of aryl methyl sites for hydroxylation is 2. The van der Waals surface area contributed by atoms with Crippen LogP contribution in [0, 0.1) is 0 Å². The minimum atomic E-state index is -0.216. The molecule has 26 heavy (non-hydrogen) atoms. The molecule has 1 aliphatic carbocycles. The van der Waals surface area contributed by atoms with E-state index in [4.69, 9.17) is 9.72 Å². The summed E-state index contributed by atoms with van der Waals surface area (Å²) in [6, 6.07) is 3.44. The first-order valence-corrected chi connectivity index (χ1v) is 9.75. The van der Waals surface area contributed by atoms with Gasteiger partial charge in [0.2, 0.25) is 0 Å². The Morgan fingerprint density at radius 1 is 1.38 bits per heavy atom. The van der Waals surface area contributed by atoms with Gasteiger partial charge in [0.05, 0.1) is 10.9 Å². The molecule has 4 rings (SSSR count). The van der Waals surface area contributed by atoms with Gasteiger partial charge in [0, 0.05) is 31.3 Å². The third-order valence-electron chi connectivity index (χ3n) is 4.82. The van der Waals surface area contributed by atoms with Crippen LogP contribution in [0.3, 0.4) is 0 Å². The topological polar surface area (TPSA) is 72.7 Å². The van der Waals surface area contributed by atoms with Gasteiger partial charge in [-0.2, -0.15) is 0 Å². The number of aromatic nitrogens is 2. The first kappa shape index (κ1) is 17.2. The number of carbonyl (C=O) groups excluding carboxylic acids is 1. The average Bonchev–Trinajstić information content (AvgIpc) is 3.03. The molecule has 1 N–H and O–H groups in total. The van der Waals surface area contributed by atoms with E-state index in [9.17, 15) is 9.59 Å². The number of fused-ring (bicyclic) bond motifs is 4. The minimum absolute atomic E-state index is 0.0709. The molecule has 136 valence electrons. The number of amides is 1. The second-order valence-corrected chi connectivity index (χ2v) is 7.61. The average molecular weight is 371 g/mol. The Kier molecular flexibility index (Phi) is 4.74. The molecule has 0 saturated heterocycles. The van der Waals surface area contributed by atoms with E-state index in [0.717, 1.165) is 47.9 Å². The fourth-order valence-corrected chi connectivity index (χ4v) is 4.79. The lowest BCUT2D eigenvalue weighted by Gasteiger charge is -2.10. The standard InChI is InChI=1S/C19H21N3O3S/c1-25-11-5-9-20-17(23)13-7-4-10-22-16(13)21-18-15(19(22)24)12-6-2-3-8-14(12)26-18/h4,7,10H,2-3,5-6,8-9,11H2,1H3,(H,20,23). The summed E-state index contributed by atoms with van der Waals surface area (Å²) in [5.74, 6) is -0.216. The van der Waals surface area contributed by atoms with Crippen LogP contribution in [0.5, 0.6) is 0 Å². The van der Waals surface area contributed by atoms with Crippen molar-refractivity contribution < 1.29 is 9.53 Å². The predicted molar refractivity (Wildman–Crippen MR) is 102 cm³/mol. The van der Waals surface area contributed by atoms with E-state index in [1.165, 1.54) is 9.28 Å². The molecule has 1 amide bonds. The van der Waals surface area contributed by atoms with Crippen LogP contribution in [0.15, 0.2) is 23.1 Å². The molecule has 7 heteroatoms. The maximum Gasteiger partial charge on any atom is 0.266 e. The summed E-state index contributed by atoms with van der Waals surface area (Å²) in [5, 5.41) is 3.61. The molecule has 0 fully saturated rings. The number of rotatable bonds is 5. The van der Waals surface area contributed by atoms with Crippen molar-refractivity contribution in [1.82, 2.24) is 14.7 Å². The van der Waals surface area contributed by atoms with Gasteiger partial charge in [0.25, 0.3) is 11.5 Å². The van der Waals surface area contributed by atoms with Crippen LogP contribution in [0.4, 0.5) is 0 Å². The molecule has 0 aromatic carbocycles. The summed E-state index contributed by atoms with van der Waals surface area (Å²) >= 11 is 1.60. The van der Waals surface area contributed by atoms with Crippen molar-refractivity contribution in [3.05, 3.63) is 44.7 Å². The highest BCUT2D eigenvalue weighted by Crippen LogP contribution is 2.34. The number of hydrogen-bond donors (Lipinski definition) is 1. The van der Waals surface area contributed by atoms with E-state index in [2.05, 4.69) is 5.32 Å². The van der Waals surface area contributed by atoms with Gasteiger partial charge in [-0.3, -0.25) is 14.0 Å². The van der Waals surface area contributed by atoms with Crippen molar-refractivity contribution in [3.63, 3.8) is 0 Å². The fourth-order valence-electron chi connectivity index (χ4n) is 3.54. The van der Waals surface area contributed by atoms with Crippen molar-refractivity contribution in [2.45, 2.75) is 32.1 Å². The van der Waals surface area contributed by atoms with Gasteiger partial charge in [-0.1, -0.05) is 0 Å². The van der Waals surface area contributed by atoms with Crippen molar-refractivity contribution >= 4 is 33.1 Å². The van der Waals surface area contributed by atoms with Gasteiger partial charge < -0.3 is 10.1 Å². The fraction of sp³-hybridized carbons (Fsp3) is 0.421. The van der Waals surface area contributed by atoms with Crippen LogP contribution >= 0.6 is 11.3 Å². The molecule has 3 heterocycles. The lowest BCUT2D eigenvalue weighted by Crippen LogP contribution is -2.27. The number of nitrogens with zero attached hydrogens (tertiary/aromatic N) is 2. The summed E-state index contributed by atoms with van der Waals surface area (Å²) in [5.41, 5.74) is 1.94. The Bertz CT molecular complexity index is 1040. The van der Waals surface area contributed by atoms with Crippen LogP contribution < -0.4 is 10.9 Å². The monoisotopic (exact) mass is 371 g/mol. The zero-order valence-corrected chi connectivity index (χ0v) is 15.5. The Balaban J connectivity index is 1.80. The Morgan fingerprint density at radius 3 is 3.08 bits per heavy atom. The van der Waals surface area contributed by atoms with E-state index in [1.54, 1.807) is 36.8 Å². The summed E-state index contributed by atoms with van der Waals surface area (Å²) in [6.07, 6.45) is 6.67. The van der Waals surface area contributed by atoms with Crippen LogP contribution in [-0.4, -0.2) is 35.6 Å². The predicted octanol–water partition coefficient (Wildman–Crippen LogP) is 2.55. The summed E-state index contributed by atoms with van der Waals surface area (Å²) in [7, 11) is 1.63. The van der Waals surface area contributed by atoms with E-state index in [0.29, 0.717) is 24.4 Å². The zero-order valence-electron chi connectivity index (χ0n) is 14.7. The van der Waals surface area contributed by atoms with E-state index in [1.807, 2.05) is 0 Å². The van der Waals surface area contributed by atoms with Gasteiger partial charge in [-0.25, -0.2) is 4.98 Å². The lowest BCUT2D eigenvalue weighted by atomic mass is 9.97. The minimum Gasteiger partial charge on any atom is -0.385 e. The number of methoxy groups -OCH3 is 1. The maximum atomic E-state index is 13.1. The molecule has 6 nitrogen and oxygen atoms in total. The molecule has 3 aromatic heterocycles. The van der Waals surface area contributed by atoms with Crippen LogP contribution in [0.1, 0.15) is 40.1 Å². The van der Waals surface area contributed by atoms with Crippen molar-refractivity contribution in [3.8, 4) is 0 Å². The zero-order chi connectivity index (χ0) is 18.1. The lowest BCUT2D eigenvalue weighted by molar-refractivity contribution is 0.0949. The molecule has 0 atom stereocenters. The SMILES string of the molecule is COCCCNC(=O)c1cccn2c(=O)c3c4c(sc3nc12)CCCC4. The smallest absolute Gasteiger partial charge is 0.266 e. The molecule has 0 radical (unpaired) electrons. The molecule has 0 unspecified atom stereocenters. The molecule has 0 saturated carbocycles. The quantitative estimate of drug-likeness (QED) is 0.700. The molecule has 0 bridgehead atoms. The first-order valence-electron chi connectivity index (χ1n) is 8.93. The van der Waals surface area contributed by atoms with Crippen LogP contribution in [0.25, 0.3) is 15.9 Å². The molecule has 3 aromatic rings. The third kappa shape index (κ3) is 2.91. The molecular formula is C19H21N3O3S. The number of ether oxygens (including phenoxy) is 1. The highest BCUT2D eigenvalue weighted by molar-refractivity contribution is 7.18. The highest BCUT2D eigenvalue weighted by Gasteiger charge is 2.22. The van der Waals surface area contributed by atoms with Gasteiger partial charge in [-0.15, -0.1) is 11.3 Å². The number of carbonyl (C=O) groups is 1. The van der Waals surface area contributed by atoms with E-state index < -0.39 is 0 Å². The van der Waals surface area contributed by atoms with Crippen molar-refractivity contribution in [2.24, 2.45) is 0 Å². The number of nitrogens with one attached hydrogen (secondary N) is 1. The molecular weight excluding hydrogens is 350 g/mol. The van der Waals surface area contributed by atoms with E-state index in [-0.39, 0.29) is 11.5 Å². The van der Waals surface area contributed by atoms with Crippen LogP contribution in [-0.2, 0) is 17.6 Å². The summed E-state index contributed by atoms with van der Waals surface area (Å²) < 4.78 is 6.50. The Morgan fingerprint density at radius 2 is 2.23 bits per heavy atom. The molecule has 1 aliphatic rings. The number of thiophene rings is 1. The number of hydrogen-bond acceptors (Lipinski definition) is 5. The highest BCUT2D eigenvalue weighted by atomic mass is 32.1. The Hall–Kier alpha value is -2.25. The van der Waals surface area contributed by atoms with Gasteiger partial charge >= 0.3 is 0 Å². The van der Waals surface area contributed by atoms with Crippen LogP contribution in [0.2, 0.25) is 0 Å². The second-order valence-electron chi connectivity index (χ2n) is 6.53. The van der Waals surface area contributed by atoms with Crippen molar-refractivity contribution in [1.29, 1.82) is 0 Å². The third-order valence-corrected chi connectivity index (χ3v) is 6.00. The molecule has 0 spiro atoms. The second kappa shape index (κ2) is 7.17. The largest absolute Gasteiger partial charge is 0.385 e.